The molecule has 0 unspecified atom stereocenters. The highest BCUT2D eigenvalue weighted by Crippen LogP contribution is 2.22. The van der Waals surface area contributed by atoms with Gasteiger partial charge in [0.1, 0.15) is 12.1 Å². The van der Waals surface area contributed by atoms with Gasteiger partial charge in [-0.3, -0.25) is 19.3 Å². The lowest BCUT2D eigenvalue weighted by Gasteiger charge is -2.21. The van der Waals surface area contributed by atoms with Gasteiger partial charge in [-0.1, -0.05) is 5.92 Å². The van der Waals surface area contributed by atoms with E-state index in [2.05, 4.69) is 63.2 Å². The van der Waals surface area contributed by atoms with Gasteiger partial charge in [-0.05, 0) is 51.1 Å². The highest BCUT2D eigenvalue weighted by molar-refractivity contribution is 6.05. The molecule has 1 amide bonds. The molecular weight excluding hydrogens is 390 g/mol. The second-order valence-corrected chi connectivity index (χ2v) is 7.90. The Bertz CT molecular complexity index is 1290. The first-order valence-corrected chi connectivity index (χ1v) is 9.68. The zero-order valence-corrected chi connectivity index (χ0v) is 17.4. The first-order valence-electron chi connectivity index (χ1n) is 9.68. The van der Waals surface area contributed by atoms with E-state index < -0.39 is 5.91 Å². The summed E-state index contributed by atoms with van der Waals surface area (Å²) in [5.41, 5.74) is 2.71. The first-order chi connectivity index (χ1) is 14.9. The molecule has 2 N–H and O–H groups in total. The third-order valence-electron chi connectivity index (χ3n) is 4.16. The van der Waals surface area contributed by atoms with Gasteiger partial charge in [0.05, 0.1) is 23.4 Å². The lowest BCUT2D eigenvalue weighted by molar-refractivity contribution is -0.111. The van der Waals surface area contributed by atoms with Gasteiger partial charge in [0.15, 0.2) is 5.82 Å². The fraction of sp³-hybridized carbons (Fsp3) is 0.174. The Morgan fingerprint density at radius 2 is 1.97 bits per heavy atom. The molecule has 4 aromatic rings. The van der Waals surface area contributed by atoms with E-state index in [1.165, 1.54) is 0 Å². The molecule has 31 heavy (non-hydrogen) atoms. The van der Waals surface area contributed by atoms with Crippen LogP contribution in [-0.4, -0.2) is 35.9 Å². The Labute approximate surface area is 179 Å². The number of rotatable bonds is 3. The zero-order valence-electron chi connectivity index (χ0n) is 17.4. The van der Waals surface area contributed by atoms with Crippen LogP contribution in [0.2, 0.25) is 0 Å². The molecule has 3 heterocycles. The van der Waals surface area contributed by atoms with Gasteiger partial charge in [-0.25, -0.2) is 9.97 Å². The number of imidazole rings is 1. The van der Waals surface area contributed by atoms with Crippen molar-refractivity contribution < 1.29 is 4.79 Å². The van der Waals surface area contributed by atoms with Crippen LogP contribution in [0.3, 0.4) is 0 Å². The number of nitrogens with one attached hydrogen (secondary N) is 2. The molecule has 0 aliphatic carbocycles. The molecule has 0 radical (unpaired) electrons. The predicted octanol–water partition coefficient (Wildman–Crippen LogP) is 3.41. The molecule has 0 saturated heterocycles. The Kier molecular flexibility index (Phi) is 5.33. The number of benzene rings is 1. The minimum atomic E-state index is -0.412. The van der Waals surface area contributed by atoms with E-state index >= 15 is 0 Å². The monoisotopic (exact) mass is 411 g/mol. The Morgan fingerprint density at radius 1 is 1.10 bits per heavy atom. The number of hydrogen-bond donors (Lipinski definition) is 2. The summed E-state index contributed by atoms with van der Waals surface area (Å²) in [5.74, 6) is 6.24. The molecule has 1 aromatic carbocycles. The van der Waals surface area contributed by atoms with E-state index in [-0.39, 0.29) is 5.54 Å². The summed E-state index contributed by atoms with van der Waals surface area (Å²) in [4.78, 5) is 29.6. The summed E-state index contributed by atoms with van der Waals surface area (Å²) in [6.45, 7) is 6.17. The van der Waals surface area contributed by atoms with Crippen LogP contribution in [0.4, 0.5) is 11.5 Å². The number of carbonyl (C=O) groups excluding carboxylic acids is 1. The lowest BCUT2D eigenvalue weighted by Crippen LogP contribution is -2.26. The second-order valence-electron chi connectivity index (χ2n) is 7.90. The number of hydrogen-bond acceptors (Lipinski definition) is 6. The van der Waals surface area contributed by atoms with Crippen molar-refractivity contribution in [2.75, 3.05) is 10.6 Å². The van der Waals surface area contributed by atoms with Gasteiger partial charge in [0.2, 0.25) is 0 Å². The first kappa shape index (κ1) is 20.0. The van der Waals surface area contributed by atoms with Crippen LogP contribution in [0.5, 0.6) is 0 Å². The van der Waals surface area contributed by atoms with E-state index in [0.29, 0.717) is 22.9 Å². The van der Waals surface area contributed by atoms with Crippen LogP contribution >= 0.6 is 0 Å². The van der Waals surface area contributed by atoms with E-state index in [9.17, 15) is 4.79 Å². The summed E-state index contributed by atoms with van der Waals surface area (Å²) in [6, 6.07) is 9.01. The van der Waals surface area contributed by atoms with Gasteiger partial charge < -0.3 is 10.6 Å². The van der Waals surface area contributed by atoms with Crippen molar-refractivity contribution in [1.82, 2.24) is 24.5 Å². The second kappa shape index (κ2) is 8.24. The van der Waals surface area contributed by atoms with Crippen molar-refractivity contribution in [3.63, 3.8) is 0 Å². The SMILES string of the molecule is CC(C)(C)Nc1cncc(-n2cnc3ccc(NC(=O)C#Cc4cccnc4)cc32)n1. The lowest BCUT2D eigenvalue weighted by atomic mass is 10.1. The number of anilines is 2. The summed E-state index contributed by atoms with van der Waals surface area (Å²) in [6.07, 6.45) is 8.29. The average Bonchev–Trinajstić information content (AvgIpc) is 3.15. The maximum atomic E-state index is 12.2. The normalized spacial score (nSPS) is 10.9. The molecule has 0 spiro atoms. The highest BCUT2D eigenvalue weighted by atomic mass is 16.1. The van der Waals surface area contributed by atoms with E-state index in [0.717, 1.165) is 11.0 Å². The molecule has 0 atom stereocenters. The predicted molar refractivity (Wildman–Crippen MR) is 120 cm³/mol. The maximum Gasteiger partial charge on any atom is 0.300 e. The molecule has 8 nitrogen and oxygen atoms in total. The van der Waals surface area contributed by atoms with Gasteiger partial charge in [0.25, 0.3) is 0 Å². The van der Waals surface area contributed by atoms with Crippen LogP contribution in [0, 0.1) is 11.8 Å². The Morgan fingerprint density at radius 3 is 2.74 bits per heavy atom. The molecule has 0 aliphatic rings. The van der Waals surface area contributed by atoms with Crippen LogP contribution in [-0.2, 0) is 4.79 Å². The number of aromatic nitrogens is 5. The molecule has 0 aliphatic heterocycles. The van der Waals surface area contributed by atoms with Gasteiger partial charge in [-0.2, -0.15) is 0 Å². The number of amides is 1. The molecule has 154 valence electrons. The third kappa shape index (κ3) is 5.03. The van der Waals surface area contributed by atoms with Crippen molar-refractivity contribution in [2.24, 2.45) is 0 Å². The van der Waals surface area contributed by atoms with Crippen LogP contribution in [0.1, 0.15) is 26.3 Å². The zero-order chi connectivity index (χ0) is 21.8. The Hall–Kier alpha value is -4.25. The Balaban J connectivity index is 1.59. The third-order valence-corrected chi connectivity index (χ3v) is 4.16. The summed E-state index contributed by atoms with van der Waals surface area (Å²) >= 11 is 0. The number of fused-ring (bicyclic) bond motifs is 1. The van der Waals surface area contributed by atoms with Crippen molar-refractivity contribution in [1.29, 1.82) is 0 Å². The topological polar surface area (TPSA) is 97.6 Å². The molecule has 0 fully saturated rings. The smallest absolute Gasteiger partial charge is 0.300 e. The molecule has 4 rings (SSSR count). The minimum absolute atomic E-state index is 0.140. The minimum Gasteiger partial charge on any atom is -0.364 e. The fourth-order valence-corrected chi connectivity index (χ4v) is 2.91. The molecular formula is C23H21N7O. The van der Waals surface area contributed by atoms with Crippen LogP contribution < -0.4 is 10.6 Å². The van der Waals surface area contributed by atoms with E-state index in [1.54, 1.807) is 49.3 Å². The summed E-state index contributed by atoms with van der Waals surface area (Å²) < 4.78 is 1.83. The van der Waals surface area contributed by atoms with Gasteiger partial charge >= 0.3 is 5.91 Å². The van der Waals surface area contributed by atoms with Crippen molar-refractivity contribution in [3.8, 4) is 17.7 Å². The molecule has 0 saturated carbocycles. The molecule has 0 bridgehead atoms. The maximum absolute atomic E-state index is 12.2. The fourth-order valence-electron chi connectivity index (χ4n) is 2.91. The van der Waals surface area contributed by atoms with Crippen molar-refractivity contribution in [3.05, 3.63) is 67.0 Å². The summed E-state index contributed by atoms with van der Waals surface area (Å²) in [5, 5.41) is 6.11. The largest absolute Gasteiger partial charge is 0.364 e. The van der Waals surface area contributed by atoms with Crippen LogP contribution in [0.15, 0.2) is 61.4 Å². The van der Waals surface area contributed by atoms with Crippen molar-refractivity contribution in [2.45, 2.75) is 26.3 Å². The van der Waals surface area contributed by atoms with Gasteiger partial charge in [-0.15, -0.1) is 0 Å². The van der Waals surface area contributed by atoms with Crippen molar-refractivity contribution >= 4 is 28.4 Å². The standard InChI is InChI=1S/C23H21N7O/c1-23(2,3)29-20-13-25-14-21(28-20)30-15-26-18-8-7-17(11-19(18)30)27-22(31)9-6-16-5-4-10-24-12-16/h4-5,7-8,10-15H,1-3H3,(H,27,31)(H,28,29). The number of pyridine rings is 1. The molecule has 8 heteroatoms. The quantitative estimate of drug-likeness (QED) is 0.502. The average molecular weight is 411 g/mol. The van der Waals surface area contributed by atoms with E-state index in [1.807, 2.05) is 16.7 Å². The number of nitrogens with zero attached hydrogens (tertiary/aromatic N) is 5. The van der Waals surface area contributed by atoms with Crippen LogP contribution in [0.25, 0.3) is 16.9 Å². The molecule has 3 aromatic heterocycles. The van der Waals surface area contributed by atoms with E-state index in [4.69, 9.17) is 0 Å². The summed E-state index contributed by atoms with van der Waals surface area (Å²) in [7, 11) is 0. The number of carbonyl (C=O) groups is 1. The highest BCUT2D eigenvalue weighted by Gasteiger charge is 2.13. The van der Waals surface area contributed by atoms with Gasteiger partial charge in [0, 0.05) is 35.1 Å².